The molecule has 4 aliphatic rings. The predicted octanol–water partition coefficient (Wildman–Crippen LogP) is 6.17. The monoisotopic (exact) mass is 410 g/mol. The number of alkyl halides is 1. The van der Waals surface area contributed by atoms with Gasteiger partial charge in [0.1, 0.15) is 0 Å². The molecule has 4 aliphatic carbocycles. The Morgan fingerprint density at radius 2 is 1.96 bits per heavy atom. The molecule has 3 saturated carbocycles. The summed E-state index contributed by atoms with van der Waals surface area (Å²) >= 11 is 3.61. The minimum absolute atomic E-state index is 0.123. The van der Waals surface area contributed by atoms with Crippen molar-refractivity contribution in [3.05, 3.63) is 23.6 Å². The van der Waals surface area contributed by atoms with Crippen molar-refractivity contribution >= 4 is 15.9 Å². The maximum atomic E-state index is 15.1. The molecule has 140 valence electrons. The Labute approximate surface area is 160 Å². The molecular formula is C22H32BrFO. The fourth-order valence-electron chi connectivity index (χ4n) is 7.25. The zero-order valence-electron chi connectivity index (χ0n) is 15.7. The Bertz CT molecular complexity index is 609. The van der Waals surface area contributed by atoms with E-state index in [1.165, 1.54) is 31.3 Å². The lowest BCUT2D eigenvalue weighted by molar-refractivity contribution is -0.0349. The van der Waals surface area contributed by atoms with E-state index in [4.69, 9.17) is 0 Å². The van der Waals surface area contributed by atoms with Crippen LogP contribution in [0.4, 0.5) is 4.39 Å². The maximum absolute atomic E-state index is 15.1. The number of hydrogen-bond donors (Lipinski definition) is 1. The summed E-state index contributed by atoms with van der Waals surface area (Å²) in [7, 11) is 0. The van der Waals surface area contributed by atoms with Crippen LogP contribution in [0.3, 0.4) is 0 Å². The summed E-state index contributed by atoms with van der Waals surface area (Å²) in [5.74, 6) is 2.89. The molecule has 25 heavy (non-hydrogen) atoms. The fourth-order valence-corrected chi connectivity index (χ4v) is 7.64. The van der Waals surface area contributed by atoms with E-state index < -0.39 is 5.60 Å². The van der Waals surface area contributed by atoms with Crippen molar-refractivity contribution in [1.29, 1.82) is 0 Å². The van der Waals surface area contributed by atoms with Gasteiger partial charge in [0.2, 0.25) is 0 Å². The molecule has 0 bridgehead atoms. The van der Waals surface area contributed by atoms with E-state index in [0.29, 0.717) is 47.8 Å². The van der Waals surface area contributed by atoms with Crippen LogP contribution in [-0.4, -0.2) is 16.0 Å². The summed E-state index contributed by atoms with van der Waals surface area (Å²) in [4.78, 5) is 0. The molecule has 0 aromatic heterocycles. The van der Waals surface area contributed by atoms with Crippen LogP contribution < -0.4 is 0 Å². The van der Waals surface area contributed by atoms with Gasteiger partial charge in [-0.3, -0.25) is 0 Å². The van der Waals surface area contributed by atoms with Crippen LogP contribution >= 0.6 is 15.9 Å². The van der Waals surface area contributed by atoms with E-state index in [2.05, 4.69) is 29.4 Å². The summed E-state index contributed by atoms with van der Waals surface area (Å²) in [5.41, 5.74) is 1.92. The highest BCUT2D eigenvalue weighted by atomic mass is 79.9. The quantitative estimate of drug-likeness (QED) is 0.425. The van der Waals surface area contributed by atoms with Gasteiger partial charge in [-0.1, -0.05) is 35.0 Å². The molecule has 0 spiro atoms. The fraction of sp³-hybridized carbons (Fsp3) is 0.818. The second-order valence-electron chi connectivity index (χ2n) is 9.85. The highest BCUT2D eigenvalue weighted by Crippen LogP contribution is 2.65. The minimum atomic E-state index is -0.703. The number of fused-ring (bicyclic) bond motifs is 5. The topological polar surface area (TPSA) is 20.2 Å². The van der Waals surface area contributed by atoms with E-state index in [9.17, 15) is 5.11 Å². The highest BCUT2D eigenvalue weighted by molar-refractivity contribution is 9.09. The lowest BCUT2D eigenvalue weighted by atomic mass is 9.51. The third kappa shape index (κ3) is 2.79. The van der Waals surface area contributed by atoms with Gasteiger partial charge < -0.3 is 5.11 Å². The van der Waals surface area contributed by atoms with Gasteiger partial charge >= 0.3 is 0 Å². The summed E-state index contributed by atoms with van der Waals surface area (Å²) < 4.78 is 15.1. The average molecular weight is 411 g/mol. The van der Waals surface area contributed by atoms with Crippen LogP contribution in [-0.2, 0) is 0 Å². The first-order valence-corrected chi connectivity index (χ1v) is 11.2. The van der Waals surface area contributed by atoms with Gasteiger partial charge in [0.05, 0.1) is 11.4 Å². The van der Waals surface area contributed by atoms with Gasteiger partial charge in [0.15, 0.2) is 0 Å². The largest absolute Gasteiger partial charge is 0.390 e. The summed E-state index contributed by atoms with van der Waals surface area (Å²) in [6, 6.07) is 0. The average Bonchev–Trinajstić information content (AvgIpc) is 2.91. The van der Waals surface area contributed by atoms with Crippen molar-refractivity contribution in [2.45, 2.75) is 70.8 Å². The first-order chi connectivity index (χ1) is 11.8. The van der Waals surface area contributed by atoms with Gasteiger partial charge in [-0.15, -0.1) is 0 Å². The van der Waals surface area contributed by atoms with Gasteiger partial charge in [-0.25, -0.2) is 4.39 Å². The zero-order valence-corrected chi connectivity index (χ0v) is 17.2. The van der Waals surface area contributed by atoms with Crippen molar-refractivity contribution in [3.63, 3.8) is 0 Å². The Morgan fingerprint density at radius 1 is 1.20 bits per heavy atom. The van der Waals surface area contributed by atoms with Crippen molar-refractivity contribution in [3.8, 4) is 0 Å². The number of allylic oxidation sites excluding steroid dienone is 2. The molecule has 1 N–H and O–H groups in total. The minimum Gasteiger partial charge on any atom is -0.390 e. The smallest absolute Gasteiger partial charge is 0.0998 e. The van der Waals surface area contributed by atoms with Gasteiger partial charge in [0, 0.05) is 11.8 Å². The normalized spacial score (nSPS) is 49.4. The van der Waals surface area contributed by atoms with Gasteiger partial charge in [-0.05, 0) is 92.4 Å². The van der Waals surface area contributed by atoms with E-state index in [1.807, 2.05) is 6.92 Å². The molecule has 0 aromatic rings. The third-order valence-electron chi connectivity index (χ3n) is 8.45. The summed E-state index contributed by atoms with van der Waals surface area (Å²) in [6.45, 7) is 8.67. The first kappa shape index (κ1) is 18.2. The molecule has 0 unspecified atom stereocenters. The maximum Gasteiger partial charge on any atom is 0.0998 e. The van der Waals surface area contributed by atoms with Crippen LogP contribution in [0.25, 0.3) is 0 Å². The Kier molecular flexibility index (Phi) is 4.51. The zero-order chi connectivity index (χ0) is 18.0. The molecule has 0 saturated heterocycles. The van der Waals surface area contributed by atoms with Crippen molar-refractivity contribution < 1.29 is 9.50 Å². The first-order valence-electron chi connectivity index (χ1n) is 10.1. The highest BCUT2D eigenvalue weighted by Gasteiger charge is 2.57. The van der Waals surface area contributed by atoms with E-state index >= 15 is 4.39 Å². The number of aliphatic hydroxyl groups is 1. The molecule has 0 aromatic carbocycles. The predicted molar refractivity (Wildman–Crippen MR) is 104 cm³/mol. The molecular weight excluding hydrogens is 379 g/mol. The Morgan fingerprint density at radius 3 is 2.68 bits per heavy atom. The van der Waals surface area contributed by atoms with Crippen LogP contribution in [0.1, 0.15) is 65.2 Å². The molecule has 0 aliphatic heterocycles. The Balaban J connectivity index is 1.63. The summed E-state index contributed by atoms with van der Waals surface area (Å²) in [6.07, 6.45) is 7.93. The number of halogens is 2. The molecule has 4 rings (SSSR count). The van der Waals surface area contributed by atoms with Crippen LogP contribution in [0, 0.1) is 35.0 Å². The van der Waals surface area contributed by atoms with E-state index in [-0.39, 0.29) is 5.83 Å². The van der Waals surface area contributed by atoms with Crippen LogP contribution in [0.2, 0.25) is 0 Å². The summed E-state index contributed by atoms with van der Waals surface area (Å²) in [5, 5.41) is 11.3. The van der Waals surface area contributed by atoms with E-state index in [0.717, 1.165) is 23.7 Å². The van der Waals surface area contributed by atoms with Gasteiger partial charge in [-0.2, -0.15) is 0 Å². The molecule has 3 heteroatoms. The van der Waals surface area contributed by atoms with Crippen LogP contribution in [0.5, 0.6) is 0 Å². The molecule has 1 nitrogen and oxygen atoms in total. The lowest BCUT2D eigenvalue weighted by Gasteiger charge is -2.54. The van der Waals surface area contributed by atoms with Crippen LogP contribution in [0.15, 0.2) is 23.6 Å². The molecule has 0 amide bonds. The molecule has 7 atom stereocenters. The standard InChI is InChI=1S/C22H32BrFO/c1-13(12-23)18-4-5-19-16-10-20(24)17-11-21(2,25)8-6-15(17)14(16)7-9-22(18,19)3/h14-16,18-19,25H,1,4-12H2,2-3H3/t14-,15-,16-,18-,19+,21-,22-/m1/s1. The Hall–Kier alpha value is -0.150. The molecule has 0 heterocycles. The van der Waals surface area contributed by atoms with Gasteiger partial charge in [0.25, 0.3) is 0 Å². The van der Waals surface area contributed by atoms with E-state index in [1.54, 1.807) is 0 Å². The number of rotatable bonds is 2. The SMILES string of the molecule is C=C(CBr)[C@H]1CC[C@H]2[C@@H]3CC(F)=C4C[C@](C)(O)CC[C@@H]4[C@H]3CC[C@]12C. The number of hydrogen-bond acceptors (Lipinski definition) is 1. The van der Waals surface area contributed by atoms with Crippen molar-refractivity contribution in [1.82, 2.24) is 0 Å². The van der Waals surface area contributed by atoms with Crippen molar-refractivity contribution in [2.75, 3.05) is 5.33 Å². The lowest BCUT2D eigenvalue weighted by Crippen LogP contribution is -2.48. The second-order valence-corrected chi connectivity index (χ2v) is 10.4. The molecule has 0 radical (unpaired) electrons. The second kappa shape index (κ2) is 6.19. The molecule has 3 fully saturated rings. The van der Waals surface area contributed by atoms with Crippen molar-refractivity contribution in [2.24, 2.45) is 35.0 Å². The third-order valence-corrected chi connectivity index (χ3v) is 9.17.